The molecule has 0 radical (unpaired) electrons. The normalized spacial score (nSPS) is 15.5. The number of fused-ring (bicyclic) bond motifs is 1. The number of ether oxygens (including phenoxy) is 3. The van der Waals surface area contributed by atoms with E-state index in [1.165, 1.54) is 37.5 Å². The largest absolute Gasteiger partial charge is 0.493 e. The van der Waals surface area contributed by atoms with Crippen LogP contribution >= 0.6 is 0 Å². The van der Waals surface area contributed by atoms with Gasteiger partial charge in [-0.15, -0.1) is 0 Å². The van der Waals surface area contributed by atoms with Crippen molar-refractivity contribution in [1.29, 1.82) is 0 Å². The van der Waals surface area contributed by atoms with Gasteiger partial charge < -0.3 is 14.2 Å². The Morgan fingerprint density at radius 1 is 0.962 bits per heavy atom. The van der Waals surface area contributed by atoms with E-state index in [1.54, 1.807) is 13.2 Å². The van der Waals surface area contributed by atoms with Gasteiger partial charge in [0, 0.05) is 32.6 Å². The molecular formula is C19H23NO5S. The molecule has 0 aliphatic heterocycles. The molecule has 1 aliphatic rings. The highest BCUT2D eigenvalue weighted by Gasteiger charge is 2.38. The molecule has 7 heteroatoms. The van der Waals surface area contributed by atoms with E-state index in [9.17, 15) is 8.42 Å². The van der Waals surface area contributed by atoms with Gasteiger partial charge in [0.2, 0.25) is 10.0 Å². The predicted molar refractivity (Wildman–Crippen MR) is 98.3 cm³/mol. The van der Waals surface area contributed by atoms with Gasteiger partial charge in [-0.25, -0.2) is 13.1 Å². The molecule has 2 aromatic carbocycles. The van der Waals surface area contributed by atoms with Gasteiger partial charge in [-0.2, -0.15) is 0 Å². The molecule has 26 heavy (non-hydrogen) atoms. The van der Waals surface area contributed by atoms with Crippen molar-refractivity contribution in [3.63, 3.8) is 0 Å². The number of methoxy groups -OCH3 is 3. The van der Waals surface area contributed by atoms with Crippen molar-refractivity contribution < 1.29 is 22.6 Å². The molecule has 0 aromatic heterocycles. The molecule has 0 fully saturated rings. The number of nitrogens with one attached hydrogen (secondary N) is 1. The molecule has 2 aromatic rings. The van der Waals surface area contributed by atoms with E-state index in [2.05, 4.69) is 16.9 Å². The Labute approximate surface area is 154 Å². The van der Waals surface area contributed by atoms with Gasteiger partial charge in [-0.1, -0.05) is 24.3 Å². The van der Waals surface area contributed by atoms with Crippen LogP contribution in [0.2, 0.25) is 0 Å². The van der Waals surface area contributed by atoms with Crippen LogP contribution in [0.15, 0.2) is 47.4 Å². The van der Waals surface area contributed by atoms with Crippen LogP contribution in [0.25, 0.3) is 0 Å². The van der Waals surface area contributed by atoms with Crippen LogP contribution in [0.1, 0.15) is 11.1 Å². The Morgan fingerprint density at radius 2 is 1.58 bits per heavy atom. The summed E-state index contributed by atoms with van der Waals surface area (Å²) in [5.74, 6) is 0.844. The van der Waals surface area contributed by atoms with Crippen molar-refractivity contribution >= 4 is 10.0 Å². The van der Waals surface area contributed by atoms with Crippen LogP contribution in [0.4, 0.5) is 0 Å². The van der Waals surface area contributed by atoms with Crippen molar-refractivity contribution in [3.05, 3.63) is 53.6 Å². The highest BCUT2D eigenvalue weighted by Crippen LogP contribution is 2.33. The number of hydrogen-bond acceptors (Lipinski definition) is 5. The van der Waals surface area contributed by atoms with Gasteiger partial charge in [0.15, 0.2) is 11.5 Å². The lowest BCUT2D eigenvalue weighted by Gasteiger charge is -2.27. The molecule has 1 aliphatic carbocycles. The minimum atomic E-state index is -3.71. The average molecular weight is 377 g/mol. The predicted octanol–water partition coefficient (Wildman–Crippen LogP) is 2.17. The van der Waals surface area contributed by atoms with Crippen LogP contribution in [-0.2, 0) is 27.6 Å². The Bertz CT molecular complexity index is 870. The van der Waals surface area contributed by atoms with Gasteiger partial charge in [0.1, 0.15) is 0 Å². The molecule has 3 rings (SSSR count). The Kier molecular flexibility index (Phi) is 5.22. The van der Waals surface area contributed by atoms with Gasteiger partial charge in [0.05, 0.1) is 24.7 Å². The first-order chi connectivity index (χ1) is 12.4. The fraction of sp³-hybridized carbons (Fsp3) is 0.368. The fourth-order valence-corrected chi connectivity index (χ4v) is 4.42. The maximum Gasteiger partial charge on any atom is 0.240 e. The summed E-state index contributed by atoms with van der Waals surface area (Å²) in [6.45, 7) is 0.189. The van der Waals surface area contributed by atoms with E-state index in [1.807, 2.05) is 12.1 Å². The Hall–Kier alpha value is -2.09. The zero-order valence-corrected chi connectivity index (χ0v) is 15.9. The quantitative estimate of drug-likeness (QED) is 0.800. The molecule has 140 valence electrons. The lowest BCUT2D eigenvalue weighted by atomic mass is 10.0. The Morgan fingerprint density at radius 3 is 2.12 bits per heavy atom. The highest BCUT2D eigenvalue weighted by molar-refractivity contribution is 7.89. The summed E-state index contributed by atoms with van der Waals surface area (Å²) in [5.41, 5.74) is 1.81. The summed E-state index contributed by atoms with van der Waals surface area (Å²) in [5, 5.41) is 0. The molecule has 0 bridgehead atoms. The molecule has 0 saturated carbocycles. The zero-order chi connectivity index (χ0) is 18.8. The average Bonchev–Trinajstić information content (AvgIpc) is 3.05. The highest BCUT2D eigenvalue weighted by atomic mass is 32.2. The zero-order valence-electron chi connectivity index (χ0n) is 15.1. The Balaban J connectivity index is 1.78. The minimum Gasteiger partial charge on any atom is -0.493 e. The first-order valence-electron chi connectivity index (χ1n) is 8.27. The van der Waals surface area contributed by atoms with Gasteiger partial charge >= 0.3 is 0 Å². The third-order valence-electron chi connectivity index (χ3n) is 4.83. The van der Waals surface area contributed by atoms with Crippen molar-refractivity contribution in [2.75, 3.05) is 27.9 Å². The molecule has 0 heterocycles. The maximum atomic E-state index is 12.7. The second kappa shape index (κ2) is 7.26. The second-order valence-electron chi connectivity index (χ2n) is 6.35. The summed E-state index contributed by atoms with van der Waals surface area (Å²) < 4.78 is 44.2. The monoisotopic (exact) mass is 377 g/mol. The molecule has 0 saturated heterocycles. The lowest BCUT2D eigenvalue weighted by molar-refractivity contribution is 0.00378. The van der Waals surface area contributed by atoms with E-state index in [0.29, 0.717) is 24.3 Å². The molecule has 0 atom stereocenters. The van der Waals surface area contributed by atoms with Crippen LogP contribution in [0.3, 0.4) is 0 Å². The van der Waals surface area contributed by atoms with E-state index in [0.717, 1.165) is 0 Å². The van der Waals surface area contributed by atoms with Crippen molar-refractivity contribution in [3.8, 4) is 11.5 Å². The maximum absolute atomic E-state index is 12.7. The third-order valence-corrected chi connectivity index (χ3v) is 6.23. The second-order valence-corrected chi connectivity index (χ2v) is 8.12. The first kappa shape index (κ1) is 18.7. The fourth-order valence-electron chi connectivity index (χ4n) is 3.29. The molecular weight excluding hydrogens is 354 g/mol. The number of rotatable bonds is 7. The molecule has 6 nitrogen and oxygen atoms in total. The van der Waals surface area contributed by atoms with E-state index >= 15 is 0 Å². The summed E-state index contributed by atoms with van der Waals surface area (Å²) >= 11 is 0. The summed E-state index contributed by atoms with van der Waals surface area (Å²) in [7, 11) is 0.889. The molecule has 0 spiro atoms. The smallest absolute Gasteiger partial charge is 0.240 e. The molecule has 1 N–H and O–H groups in total. The van der Waals surface area contributed by atoms with Gasteiger partial charge in [-0.3, -0.25) is 0 Å². The summed E-state index contributed by atoms with van der Waals surface area (Å²) in [4.78, 5) is 0.122. The van der Waals surface area contributed by atoms with E-state index in [4.69, 9.17) is 14.2 Å². The standard InChI is InChI=1S/C19H23NO5S/c1-23-17-9-8-16(10-18(17)24-2)26(21,22)20-13-19(25-3)11-14-6-4-5-7-15(14)12-19/h4-10,20H,11-13H2,1-3H3. The van der Waals surface area contributed by atoms with E-state index < -0.39 is 15.6 Å². The van der Waals surface area contributed by atoms with Crippen molar-refractivity contribution in [1.82, 2.24) is 4.72 Å². The minimum absolute atomic E-state index is 0.122. The number of benzene rings is 2. The third kappa shape index (κ3) is 3.56. The van der Waals surface area contributed by atoms with E-state index in [-0.39, 0.29) is 11.4 Å². The van der Waals surface area contributed by atoms with Crippen LogP contribution < -0.4 is 14.2 Å². The van der Waals surface area contributed by atoms with Gasteiger partial charge in [0.25, 0.3) is 0 Å². The SMILES string of the molecule is COc1ccc(S(=O)(=O)NCC2(OC)Cc3ccccc3C2)cc1OC. The van der Waals surface area contributed by atoms with Crippen molar-refractivity contribution in [2.45, 2.75) is 23.3 Å². The molecule has 0 unspecified atom stereocenters. The topological polar surface area (TPSA) is 73.9 Å². The van der Waals surface area contributed by atoms with Crippen LogP contribution in [-0.4, -0.2) is 41.9 Å². The summed E-state index contributed by atoms with van der Waals surface area (Å²) in [6, 6.07) is 12.6. The van der Waals surface area contributed by atoms with Crippen molar-refractivity contribution in [2.24, 2.45) is 0 Å². The number of sulfonamides is 1. The van der Waals surface area contributed by atoms with Crippen LogP contribution in [0, 0.1) is 0 Å². The number of hydrogen-bond donors (Lipinski definition) is 1. The molecule has 0 amide bonds. The summed E-state index contributed by atoms with van der Waals surface area (Å²) in [6.07, 6.45) is 1.35. The van der Waals surface area contributed by atoms with Crippen LogP contribution in [0.5, 0.6) is 11.5 Å². The lowest BCUT2D eigenvalue weighted by Crippen LogP contribution is -2.45. The van der Waals surface area contributed by atoms with Gasteiger partial charge in [-0.05, 0) is 23.3 Å². The first-order valence-corrected chi connectivity index (χ1v) is 9.75.